The summed E-state index contributed by atoms with van der Waals surface area (Å²) >= 11 is 0. The number of nitrogens with zero attached hydrogens (tertiary/aromatic N) is 3. The fourth-order valence-corrected chi connectivity index (χ4v) is 2.23. The fraction of sp³-hybridized carbons (Fsp3) is 0.385. The van der Waals surface area contributed by atoms with E-state index in [0.29, 0.717) is 6.54 Å². The number of fused-ring (bicyclic) bond motifs is 1. The highest BCUT2D eigenvalue weighted by molar-refractivity contribution is 5.80. The smallest absolute Gasteiger partial charge is 0.242 e. The van der Waals surface area contributed by atoms with Gasteiger partial charge in [0.1, 0.15) is 12.2 Å². The van der Waals surface area contributed by atoms with Crippen molar-refractivity contribution in [1.82, 2.24) is 19.8 Å². The van der Waals surface area contributed by atoms with Crippen LogP contribution in [-0.2, 0) is 11.3 Å². The summed E-state index contributed by atoms with van der Waals surface area (Å²) in [6.45, 7) is 3.67. The zero-order chi connectivity index (χ0) is 12.4. The van der Waals surface area contributed by atoms with E-state index in [1.807, 2.05) is 21.6 Å². The number of amides is 1. The van der Waals surface area contributed by atoms with E-state index in [2.05, 4.69) is 16.4 Å². The van der Waals surface area contributed by atoms with Crippen LogP contribution in [0.15, 0.2) is 24.5 Å². The quantitative estimate of drug-likeness (QED) is 0.823. The van der Waals surface area contributed by atoms with Crippen LogP contribution in [0, 0.1) is 6.07 Å². The molecule has 93 valence electrons. The van der Waals surface area contributed by atoms with Gasteiger partial charge in [0.15, 0.2) is 0 Å². The number of hydrogen-bond donors (Lipinski definition) is 1. The molecule has 1 aliphatic rings. The van der Waals surface area contributed by atoms with Gasteiger partial charge in [0.25, 0.3) is 0 Å². The van der Waals surface area contributed by atoms with Crippen molar-refractivity contribution < 1.29 is 4.79 Å². The molecule has 0 bridgehead atoms. The maximum atomic E-state index is 12.1. The first kappa shape index (κ1) is 11.2. The summed E-state index contributed by atoms with van der Waals surface area (Å²) in [7, 11) is 0. The Bertz CT molecular complexity index is 557. The van der Waals surface area contributed by atoms with Crippen molar-refractivity contribution >= 4 is 16.9 Å². The standard InChI is InChI=1S/C13H15N4O/c18-12(16-8-5-14-6-9-16)10-17-7-3-11-2-1-4-15-13(11)17/h1-2,4,7,14H,5-6,8-10H2. The van der Waals surface area contributed by atoms with Gasteiger partial charge >= 0.3 is 0 Å². The molecule has 1 amide bonds. The van der Waals surface area contributed by atoms with Gasteiger partial charge in [-0.1, -0.05) is 0 Å². The third-order valence-corrected chi connectivity index (χ3v) is 3.21. The Morgan fingerprint density at radius 1 is 1.44 bits per heavy atom. The van der Waals surface area contributed by atoms with Crippen LogP contribution in [0.3, 0.4) is 0 Å². The first-order chi connectivity index (χ1) is 8.84. The van der Waals surface area contributed by atoms with Gasteiger partial charge in [0, 0.05) is 50.0 Å². The summed E-state index contributed by atoms with van der Waals surface area (Å²) in [6, 6.07) is 6.94. The van der Waals surface area contributed by atoms with Crippen molar-refractivity contribution in [1.29, 1.82) is 0 Å². The Hall–Kier alpha value is -1.88. The Kier molecular flexibility index (Phi) is 2.98. The van der Waals surface area contributed by atoms with Crippen molar-refractivity contribution in [3.8, 4) is 0 Å². The van der Waals surface area contributed by atoms with E-state index < -0.39 is 0 Å². The van der Waals surface area contributed by atoms with Gasteiger partial charge in [-0.25, -0.2) is 4.98 Å². The number of pyridine rings is 1. The molecule has 0 aromatic carbocycles. The molecule has 18 heavy (non-hydrogen) atoms. The highest BCUT2D eigenvalue weighted by Gasteiger charge is 2.17. The molecule has 1 fully saturated rings. The van der Waals surface area contributed by atoms with Crippen LogP contribution >= 0.6 is 0 Å². The van der Waals surface area contributed by atoms with Gasteiger partial charge in [-0.2, -0.15) is 0 Å². The van der Waals surface area contributed by atoms with Gasteiger partial charge in [-0.3, -0.25) is 4.79 Å². The lowest BCUT2D eigenvalue weighted by atomic mass is 10.3. The van der Waals surface area contributed by atoms with E-state index in [1.165, 1.54) is 0 Å². The minimum absolute atomic E-state index is 0.146. The van der Waals surface area contributed by atoms with Crippen molar-refractivity contribution in [3.63, 3.8) is 0 Å². The molecule has 3 rings (SSSR count). The van der Waals surface area contributed by atoms with Crippen molar-refractivity contribution in [2.24, 2.45) is 0 Å². The van der Waals surface area contributed by atoms with Crippen molar-refractivity contribution in [2.75, 3.05) is 26.2 Å². The molecular formula is C13H15N4O. The van der Waals surface area contributed by atoms with Gasteiger partial charge < -0.3 is 14.8 Å². The van der Waals surface area contributed by atoms with Gasteiger partial charge in [-0.05, 0) is 12.1 Å². The van der Waals surface area contributed by atoms with E-state index in [-0.39, 0.29) is 5.91 Å². The Morgan fingerprint density at radius 2 is 2.28 bits per heavy atom. The highest BCUT2D eigenvalue weighted by atomic mass is 16.2. The number of carbonyl (C=O) groups excluding carboxylic acids is 1. The first-order valence-corrected chi connectivity index (χ1v) is 6.14. The minimum Gasteiger partial charge on any atom is -0.339 e. The van der Waals surface area contributed by atoms with Gasteiger partial charge in [0.05, 0.1) is 0 Å². The third-order valence-electron chi connectivity index (χ3n) is 3.21. The van der Waals surface area contributed by atoms with Crippen LogP contribution in [0.2, 0.25) is 0 Å². The fourth-order valence-electron chi connectivity index (χ4n) is 2.23. The molecule has 0 atom stereocenters. The summed E-state index contributed by atoms with van der Waals surface area (Å²) in [5.74, 6) is 0.146. The average molecular weight is 243 g/mol. The summed E-state index contributed by atoms with van der Waals surface area (Å²) < 4.78 is 1.86. The Morgan fingerprint density at radius 3 is 3.11 bits per heavy atom. The number of nitrogens with one attached hydrogen (secondary N) is 1. The zero-order valence-corrected chi connectivity index (χ0v) is 10.1. The number of hydrogen-bond acceptors (Lipinski definition) is 3. The van der Waals surface area contributed by atoms with Crippen LogP contribution in [0.5, 0.6) is 0 Å². The van der Waals surface area contributed by atoms with E-state index in [9.17, 15) is 4.79 Å². The lowest BCUT2D eigenvalue weighted by molar-refractivity contribution is -0.132. The molecule has 1 saturated heterocycles. The monoisotopic (exact) mass is 243 g/mol. The molecule has 2 aromatic rings. The SMILES string of the molecule is O=C(Cn1c[c]c2cccnc21)N1CCNCC1. The first-order valence-electron chi connectivity index (χ1n) is 6.14. The number of piperazine rings is 1. The molecule has 2 aromatic heterocycles. The lowest BCUT2D eigenvalue weighted by Crippen LogP contribution is -2.47. The maximum absolute atomic E-state index is 12.1. The number of carbonyl (C=O) groups is 1. The Labute approximate surface area is 105 Å². The molecule has 5 nitrogen and oxygen atoms in total. The summed E-state index contributed by atoms with van der Waals surface area (Å²) in [6.07, 6.45) is 3.54. The second-order valence-corrected chi connectivity index (χ2v) is 4.41. The van der Waals surface area contributed by atoms with Crippen molar-refractivity contribution in [2.45, 2.75) is 6.54 Å². The lowest BCUT2D eigenvalue weighted by Gasteiger charge is -2.27. The molecule has 1 aliphatic heterocycles. The molecular weight excluding hydrogens is 228 g/mol. The molecule has 0 saturated carbocycles. The summed E-state index contributed by atoms with van der Waals surface area (Å²) in [4.78, 5) is 18.3. The van der Waals surface area contributed by atoms with E-state index >= 15 is 0 Å². The van der Waals surface area contributed by atoms with Crippen LogP contribution in [0.4, 0.5) is 0 Å². The second-order valence-electron chi connectivity index (χ2n) is 4.41. The minimum atomic E-state index is 0.146. The topological polar surface area (TPSA) is 50.2 Å². The molecule has 1 radical (unpaired) electrons. The van der Waals surface area contributed by atoms with Crippen LogP contribution < -0.4 is 5.32 Å². The van der Waals surface area contributed by atoms with Gasteiger partial charge in [0.2, 0.25) is 5.91 Å². The normalized spacial score (nSPS) is 16.1. The maximum Gasteiger partial charge on any atom is 0.242 e. The third kappa shape index (κ3) is 2.09. The predicted molar refractivity (Wildman–Crippen MR) is 68.0 cm³/mol. The average Bonchev–Trinajstić information content (AvgIpc) is 2.83. The van der Waals surface area contributed by atoms with E-state index in [0.717, 1.165) is 37.2 Å². The molecule has 0 unspecified atom stereocenters. The second kappa shape index (κ2) is 4.78. The van der Waals surface area contributed by atoms with Crippen LogP contribution in [0.1, 0.15) is 0 Å². The van der Waals surface area contributed by atoms with Crippen LogP contribution in [0.25, 0.3) is 11.0 Å². The molecule has 1 N–H and O–H groups in total. The van der Waals surface area contributed by atoms with E-state index in [4.69, 9.17) is 0 Å². The summed E-state index contributed by atoms with van der Waals surface area (Å²) in [5.41, 5.74) is 0.820. The molecule has 0 spiro atoms. The number of aromatic nitrogens is 2. The van der Waals surface area contributed by atoms with Crippen molar-refractivity contribution in [3.05, 3.63) is 30.6 Å². The van der Waals surface area contributed by atoms with E-state index in [1.54, 1.807) is 12.4 Å². The molecule has 0 aliphatic carbocycles. The van der Waals surface area contributed by atoms with Crippen LogP contribution in [-0.4, -0.2) is 46.5 Å². The molecule has 3 heterocycles. The molecule has 5 heteroatoms. The predicted octanol–water partition coefficient (Wildman–Crippen LogP) is 0.268. The largest absolute Gasteiger partial charge is 0.339 e. The number of rotatable bonds is 2. The highest BCUT2D eigenvalue weighted by Crippen LogP contribution is 2.11. The Balaban J connectivity index is 1.77. The van der Waals surface area contributed by atoms with Gasteiger partial charge in [-0.15, -0.1) is 0 Å². The summed E-state index contributed by atoms with van der Waals surface area (Å²) in [5, 5.41) is 4.19. The zero-order valence-electron chi connectivity index (χ0n) is 10.1.